The van der Waals surface area contributed by atoms with Crippen LogP contribution in [0.5, 0.6) is 0 Å². The van der Waals surface area contributed by atoms with Gasteiger partial charge in [0, 0.05) is 29.3 Å². The number of rotatable bonds is 4. The second kappa shape index (κ2) is 7.63. The summed E-state index contributed by atoms with van der Waals surface area (Å²) in [7, 11) is 0. The number of ether oxygens (including phenoxy) is 1. The number of carbonyl (C=O) groups is 1. The van der Waals surface area contributed by atoms with E-state index in [0.29, 0.717) is 16.9 Å². The summed E-state index contributed by atoms with van der Waals surface area (Å²) in [6, 6.07) is 15.0. The molecule has 0 unspecified atom stereocenters. The number of hydrogen-bond donors (Lipinski definition) is 0. The third kappa shape index (κ3) is 3.64. The molecule has 4 rings (SSSR count). The Hall–Kier alpha value is -3.67. The summed E-state index contributed by atoms with van der Waals surface area (Å²) in [6.45, 7) is 7.74. The fourth-order valence-electron chi connectivity index (χ4n) is 3.61. The van der Waals surface area contributed by atoms with E-state index in [1.165, 1.54) is 16.0 Å². The molecule has 3 aromatic heterocycles. The van der Waals surface area contributed by atoms with Crippen LogP contribution in [0.15, 0.2) is 59.5 Å². The number of benzene rings is 1. The zero-order valence-corrected chi connectivity index (χ0v) is 17.5. The maximum atomic E-state index is 12.7. The molecule has 0 atom stereocenters. The van der Waals surface area contributed by atoms with Crippen LogP contribution in [0.25, 0.3) is 11.3 Å². The molecule has 6 nitrogen and oxygen atoms in total. The lowest BCUT2D eigenvalue weighted by molar-refractivity contribution is 0.0467. The topological polar surface area (TPSA) is 65.6 Å². The highest BCUT2D eigenvalue weighted by Gasteiger charge is 2.18. The number of nitrogens with zero attached hydrogens (tertiary/aromatic N) is 3. The summed E-state index contributed by atoms with van der Waals surface area (Å²) < 4.78 is 8.99. The van der Waals surface area contributed by atoms with E-state index in [-0.39, 0.29) is 12.2 Å². The smallest absolute Gasteiger partial charge is 0.340 e. The summed E-state index contributed by atoms with van der Waals surface area (Å²) in [6.07, 6.45) is 1.74. The Bertz CT molecular complexity index is 1310. The first-order valence-electron chi connectivity index (χ1n) is 9.75. The third-order valence-electron chi connectivity index (χ3n) is 5.15. The van der Waals surface area contributed by atoms with Crippen molar-refractivity contribution in [2.24, 2.45) is 0 Å². The number of fused-ring (bicyclic) bond motifs is 1. The first-order valence-corrected chi connectivity index (χ1v) is 9.75. The Morgan fingerprint density at radius 2 is 1.67 bits per heavy atom. The molecule has 0 spiro atoms. The van der Waals surface area contributed by atoms with Crippen molar-refractivity contribution in [1.29, 1.82) is 0 Å². The predicted molar refractivity (Wildman–Crippen MR) is 115 cm³/mol. The summed E-state index contributed by atoms with van der Waals surface area (Å²) in [5.74, 6) is -0.438. The van der Waals surface area contributed by atoms with Crippen LogP contribution >= 0.6 is 0 Å². The van der Waals surface area contributed by atoms with E-state index in [2.05, 4.69) is 4.98 Å². The van der Waals surface area contributed by atoms with Crippen molar-refractivity contribution in [1.82, 2.24) is 14.0 Å². The van der Waals surface area contributed by atoms with Gasteiger partial charge in [-0.2, -0.15) is 0 Å². The number of pyridine rings is 1. The number of carbonyl (C=O) groups excluding carboxylic acids is 1. The molecule has 0 amide bonds. The summed E-state index contributed by atoms with van der Waals surface area (Å²) in [5, 5.41) is 0. The third-order valence-corrected chi connectivity index (χ3v) is 5.15. The maximum Gasteiger partial charge on any atom is 0.340 e. The second-order valence-corrected chi connectivity index (χ2v) is 7.55. The lowest BCUT2D eigenvalue weighted by Gasteiger charge is -2.10. The van der Waals surface area contributed by atoms with Crippen molar-refractivity contribution in [2.45, 2.75) is 34.3 Å². The van der Waals surface area contributed by atoms with Gasteiger partial charge in [-0.1, -0.05) is 23.8 Å². The molecule has 0 aliphatic rings. The molecule has 3 heterocycles. The fraction of sp³-hybridized carbons (Fsp3) is 0.208. The van der Waals surface area contributed by atoms with Gasteiger partial charge in [0.15, 0.2) is 0 Å². The van der Waals surface area contributed by atoms with Crippen molar-refractivity contribution in [2.75, 3.05) is 0 Å². The summed E-state index contributed by atoms with van der Waals surface area (Å²) in [4.78, 5) is 29.5. The molecule has 6 heteroatoms. The zero-order valence-electron chi connectivity index (χ0n) is 17.5. The average Bonchev–Trinajstić information content (AvgIpc) is 3.02. The van der Waals surface area contributed by atoms with Gasteiger partial charge in [-0.3, -0.25) is 9.20 Å². The summed E-state index contributed by atoms with van der Waals surface area (Å²) in [5.41, 5.74) is 6.14. The van der Waals surface area contributed by atoms with E-state index >= 15 is 0 Å². The molecule has 152 valence electrons. The van der Waals surface area contributed by atoms with Gasteiger partial charge >= 0.3 is 5.97 Å². The SMILES string of the molecule is Cc1ccc(-n2c(C)cc(C(=O)OCc3cc(=O)n4cc(C)ccc4n3)c2C)cc1. The molecule has 0 aliphatic heterocycles. The normalized spacial score (nSPS) is 11.1. The van der Waals surface area contributed by atoms with E-state index in [0.717, 1.165) is 22.6 Å². The molecule has 1 aromatic carbocycles. The lowest BCUT2D eigenvalue weighted by Crippen LogP contribution is -2.17. The number of aromatic nitrogens is 3. The Kier molecular flexibility index (Phi) is 4.99. The molecule has 4 aromatic rings. The van der Waals surface area contributed by atoms with Crippen LogP contribution in [0, 0.1) is 27.7 Å². The van der Waals surface area contributed by atoms with Gasteiger partial charge in [0.25, 0.3) is 5.56 Å². The first kappa shape index (κ1) is 19.6. The van der Waals surface area contributed by atoms with Gasteiger partial charge in [-0.25, -0.2) is 9.78 Å². The van der Waals surface area contributed by atoms with Crippen molar-refractivity contribution in [3.8, 4) is 5.69 Å². The molecular weight excluding hydrogens is 378 g/mol. The highest BCUT2D eigenvalue weighted by molar-refractivity contribution is 5.91. The van der Waals surface area contributed by atoms with Crippen molar-refractivity contribution in [3.63, 3.8) is 0 Å². The quantitative estimate of drug-likeness (QED) is 0.484. The van der Waals surface area contributed by atoms with Gasteiger partial charge in [0.05, 0.1) is 11.3 Å². The molecule has 0 saturated carbocycles. The van der Waals surface area contributed by atoms with Gasteiger partial charge in [0.2, 0.25) is 0 Å². The van der Waals surface area contributed by atoms with Crippen molar-refractivity contribution >= 4 is 11.6 Å². The minimum Gasteiger partial charge on any atom is -0.456 e. The van der Waals surface area contributed by atoms with Gasteiger partial charge in [-0.05, 0) is 57.5 Å². The van der Waals surface area contributed by atoms with Crippen LogP contribution in [0.4, 0.5) is 0 Å². The molecule has 0 N–H and O–H groups in total. The predicted octanol–water partition coefficient (Wildman–Crippen LogP) is 4.08. The molecular formula is C24H23N3O3. The highest BCUT2D eigenvalue weighted by Crippen LogP contribution is 2.22. The minimum absolute atomic E-state index is 0.0628. The molecule has 0 saturated heterocycles. The number of esters is 1. The summed E-state index contributed by atoms with van der Waals surface area (Å²) >= 11 is 0. The van der Waals surface area contributed by atoms with Crippen molar-refractivity contribution in [3.05, 3.63) is 98.9 Å². The molecule has 0 fully saturated rings. The van der Waals surface area contributed by atoms with E-state index in [9.17, 15) is 9.59 Å². The van der Waals surface area contributed by atoms with Gasteiger partial charge in [-0.15, -0.1) is 0 Å². The standard InChI is InChI=1S/C24H23N3O3/c1-15-5-8-20(9-6-15)27-17(3)11-21(18(27)4)24(29)30-14-19-12-23(28)26-13-16(2)7-10-22(26)25-19/h5-13H,14H2,1-4H3. The van der Waals surface area contributed by atoms with Crippen LogP contribution in [0.2, 0.25) is 0 Å². The van der Waals surface area contributed by atoms with Crippen LogP contribution in [-0.2, 0) is 11.3 Å². The van der Waals surface area contributed by atoms with Crippen molar-refractivity contribution < 1.29 is 9.53 Å². The van der Waals surface area contributed by atoms with Gasteiger partial charge in [0.1, 0.15) is 12.3 Å². The number of hydrogen-bond acceptors (Lipinski definition) is 4. The average molecular weight is 401 g/mol. The van der Waals surface area contributed by atoms with Crippen LogP contribution in [-0.4, -0.2) is 19.9 Å². The zero-order chi connectivity index (χ0) is 21.4. The lowest BCUT2D eigenvalue weighted by atomic mass is 10.2. The van der Waals surface area contributed by atoms with E-state index in [1.54, 1.807) is 12.3 Å². The molecule has 30 heavy (non-hydrogen) atoms. The van der Waals surface area contributed by atoms with Gasteiger partial charge < -0.3 is 9.30 Å². The maximum absolute atomic E-state index is 12.7. The Balaban J connectivity index is 1.57. The largest absolute Gasteiger partial charge is 0.456 e. The monoisotopic (exact) mass is 401 g/mol. The van der Waals surface area contributed by atoms with E-state index < -0.39 is 5.97 Å². The van der Waals surface area contributed by atoms with E-state index in [4.69, 9.17) is 4.74 Å². The Morgan fingerprint density at radius 1 is 0.967 bits per heavy atom. The second-order valence-electron chi connectivity index (χ2n) is 7.55. The fourth-order valence-corrected chi connectivity index (χ4v) is 3.61. The van der Waals surface area contributed by atoms with Crippen LogP contribution < -0.4 is 5.56 Å². The highest BCUT2D eigenvalue weighted by atomic mass is 16.5. The Labute approximate surface area is 174 Å². The van der Waals surface area contributed by atoms with E-state index in [1.807, 2.05) is 68.7 Å². The molecule has 0 aliphatic carbocycles. The first-order chi connectivity index (χ1) is 14.3. The van der Waals surface area contributed by atoms with Crippen LogP contribution in [0.3, 0.4) is 0 Å². The minimum atomic E-state index is -0.438. The molecule has 0 bridgehead atoms. The molecule has 0 radical (unpaired) electrons. The Morgan fingerprint density at radius 3 is 2.40 bits per heavy atom. The number of aryl methyl sites for hydroxylation is 3. The van der Waals surface area contributed by atoms with Crippen LogP contribution in [0.1, 0.15) is 38.6 Å².